The van der Waals surface area contributed by atoms with Gasteiger partial charge in [-0.15, -0.1) is 0 Å². The average molecular weight is 247 g/mol. The van der Waals surface area contributed by atoms with E-state index in [0.29, 0.717) is 5.69 Å². The standard InChI is InChI=1S/C14H18FN3/c1-4-16-9-12-10(2)17-18(11(12)3)14-8-6-5-7-13(14)15/h5-8,16H,4,9H2,1-3H3. The molecule has 96 valence electrons. The van der Waals surface area contributed by atoms with Crippen molar-refractivity contribution in [1.29, 1.82) is 0 Å². The summed E-state index contributed by atoms with van der Waals surface area (Å²) in [7, 11) is 0. The van der Waals surface area contributed by atoms with Crippen LogP contribution in [0, 0.1) is 19.7 Å². The van der Waals surface area contributed by atoms with Crippen LogP contribution in [-0.4, -0.2) is 16.3 Å². The fraction of sp³-hybridized carbons (Fsp3) is 0.357. The molecule has 0 saturated carbocycles. The third kappa shape index (κ3) is 2.29. The highest BCUT2D eigenvalue weighted by Crippen LogP contribution is 2.19. The summed E-state index contributed by atoms with van der Waals surface area (Å²) in [5.74, 6) is -0.252. The first-order valence-corrected chi connectivity index (χ1v) is 6.15. The summed E-state index contributed by atoms with van der Waals surface area (Å²) in [6.07, 6.45) is 0. The molecule has 0 spiro atoms. The van der Waals surface area contributed by atoms with Crippen molar-refractivity contribution in [3.05, 3.63) is 47.0 Å². The first kappa shape index (κ1) is 12.8. The van der Waals surface area contributed by atoms with Crippen molar-refractivity contribution in [2.45, 2.75) is 27.3 Å². The predicted octanol–water partition coefficient (Wildman–Crippen LogP) is 2.74. The zero-order valence-electron chi connectivity index (χ0n) is 11.0. The maximum Gasteiger partial charge on any atom is 0.148 e. The minimum atomic E-state index is -0.252. The van der Waals surface area contributed by atoms with Crippen molar-refractivity contribution in [2.24, 2.45) is 0 Å². The molecule has 0 unspecified atom stereocenters. The van der Waals surface area contributed by atoms with E-state index in [4.69, 9.17) is 0 Å². The lowest BCUT2D eigenvalue weighted by Gasteiger charge is -2.06. The first-order chi connectivity index (χ1) is 8.65. The first-order valence-electron chi connectivity index (χ1n) is 6.15. The Labute approximate surface area is 107 Å². The topological polar surface area (TPSA) is 29.9 Å². The molecular formula is C14H18FN3. The second kappa shape index (κ2) is 5.31. The molecule has 0 aliphatic heterocycles. The lowest BCUT2D eigenvalue weighted by Crippen LogP contribution is -2.13. The summed E-state index contributed by atoms with van der Waals surface area (Å²) >= 11 is 0. The van der Waals surface area contributed by atoms with E-state index >= 15 is 0 Å². The van der Waals surface area contributed by atoms with Gasteiger partial charge in [0.1, 0.15) is 11.5 Å². The van der Waals surface area contributed by atoms with Gasteiger partial charge in [-0.3, -0.25) is 0 Å². The molecule has 2 aromatic rings. The van der Waals surface area contributed by atoms with E-state index in [-0.39, 0.29) is 5.82 Å². The van der Waals surface area contributed by atoms with Gasteiger partial charge in [0.25, 0.3) is 0 Å². The summed E-state index contributed by atoms with van der Waals surface area (Å²) < 4.78 is 15.4. The minimum absolute atomic E-state index is 0.252. The molecule has 1 aromatic carbocycles. The lowest BCUT2D eigenvalue weighted by atomic mass is 10.2. The predicted molar refractivity (Wildman–Crippen MR) is 70.4 cm³/mol. The minimum Gasteiger partial charge on any atom is -0.313 e. The molecule has 1 aromatic heterocycles. The molecule has 0 radical (unpaired) electrons. The number of aryl methyl sites for hydroxylation is 1. The fourth-order valence-corrected chi connectivity index (χ4v) is 2.04. The van der Waals surface area contributed by atoms with Crippen molar-refractivity contribution in [3.8, 4) is 5.69 Å². The zero-order chi connectivity index (χ0) is 13.1. The number of rotatable bonds is 4. The average Bonchev–Trinajstić information content (AvgIpc) is 2.63. The van der Waals surface area contributed by atoms with Crippen molar-refractivity contribution < 1.29 is 4.39 Å². The monoisotopic (exact) mass is 247 g/mol. The van der Waals surface area contributed by atoms with E-state index < -0.39 is 0 Å². The van der Waals surface area contributed by atoms with E-state index in [1.54, 1.807) is 16.8 Å². The summed E-state index contributed by atoms with van der Waals surface area (Å²) in [4.78, 5) is 0. The van der Waals surface area contributed by atoms with Gasteiger partial charge in [-0.25, -0.2) is 9.07 Å². The van der Waals surface area contributed by atoms with Crippen LogP contribution in [0.15, 0.2) is 24.3 Å². The third-order valence-corrected chi connectivity index (χ3v) is 3.07. The van der Waals surface area contributed by atoms with E-state index in [1.165, 1.54) is 6.07 Å². The van der Waals surface area contributed by atoms with Crippen LogP contribution < -0.4 is 5.32 Å². The van der Waals surface area contributed by atoms with Gasteiger partial charge in [0.2, 0.25) is 0 Å². The normalized spacial score (nSPS) is 10.9. The van der Waals surface area contributed by atoms with Crippen LogP contribution in [0.5, 0.6) is 0 Å². The number of halogens is 1. The van der Waals surface area contributed by atoms with Gasteiger partial charge >= 0.3 is 0 Å². The highest BCUT2D eigenvalue weighted by atomic mass is 19.1. The fourth-order valence-electron chi connectivity index (χ4n) is 2.04. The molecule has 4 heteroatoms. The third-order valence-electron chi connectivity index (χ3n) is 3.07. The number of para-hydroxylation sites is 1. The summed E-state index contributed by atoms with van der Waals surface area (Å²) in [5.41, 5.74) is 3.57. The molecule has 0 aliphatic rings. The maximum atomic E-state index is 13.8. The SMILES string of the molecule is CCNCc1c(C)nn(-c2ccccc2F)c1C. The van der Waals surface area contributed by atoms with Crippen molar-refractivity contribution in [3.63, 3.8) is 0 Å². The Hall–Kier alpha value is -1.68. The molecule has 0 atom stereocenters. The van der Waals surface area contributed by atoms with E-state index in [2.05, 4.69) is 17.3 Å². The van der Waals surface area contributed by atoms with Crippen LogP contribution in [0.4, 0.5) is 4.39 Å². The second-order valence-corrected chi connectivity index (χ2v) is 4.29. The van der Waals surface area contributed by atoms with Crippen LogP contribution in [0.2, 0.25) is 0 Å². The molecule has 0 fully saturated rings. The van der Waals surface area contributed by atoms with Crippen LogP contribution in [0.1, 0.15) is 23.9 Å². The van der Waals surface area contributed by atoms with Gasteiger partial charge in [-0.2, -0.15) is 5.10 Å². The number of nitrogens with one attached hydrogen (secondary N) is 1. The van der Waals surface area contributed by atoms with Crippen LogP contribution in [-0.2, 0) is 6.54 Å². The summed E-state index contributed by atoms with van der Waals surface area (Å²) in [5, 5.41) is 7.71. The zero-order valence-corrected chi connectivity index (χ0v) is 11.0. The number of benzene rings is 1. The van der Waals surface area contributed by atoms with E-state index in [0.717, 1.165) is 30.0 Å². The second-order valence-electron chi connectivity index (χ2n) is 4.29. The molecule has 1 heterocycles. The summed E-state index contributed by atoms with van der Waals surface area (Å²) in [6.45, 7) is 7.66. The Kier molecular flexibility index (Phi) is 3.77. The Morgan fingerprint density at radius 1 is 1.28 bits per heavy atom. The molecule has 0 aliphatic carbocycles. The van der Waals surface area contributed by atoms with E-state index in [1.807, 2.05) is 19.9 Å². The molecule has 0 saturated heterocycles. The van der Waals surface area contributed by atoms with Crippen LogP contribution >= 0.6 is 0 Å². The molecule has 18 heavy (non-hydrogen) atoms. The van der Waals surface area contributed by atoms with E-state index in [9.17, 15) is 4.39 Å². The molecule has 0 amide bonds. The Morgan fingerprint density at radius 2 is 2.00 bits per heavy atom. The molecule has 3 nitrogen and oxygen atoms in total. The molecule has 0 bridgehead atoms. The van der Waals surface area contributed by atoms with Crippen LogP contribution in [0.3, 0.4) is 0 Å². The largest absolute Gasteiger partial charge is 0.313 e. The van der Waals surface area contributed by atoms with Crippen molar-refractivity contribution >= 4 is 0 Å². The smallest absolute Gasteiger partial charge is 0.148 e. The molecule has 1 N–H and O–H groups in total. The van der Waals surface area contributed by atoms with Crippen LogP contribution in [0.25, 0.3) is 5.69 Å². The number of nitrogens with zero attached hydrogens (tertiary/aromatic N) is 2. The van der Waals surface area contributed by atoms with Gasteiger partial charge in [0.05, 0.1) is 5.69 Å². The van der Waals surface area contributed by atoms with Gasteiger partial charge in [0.15, 0.2) is 0 Å². The van der Waals surface area contributed by atoms with Crippen molar-refractivity contribution in [2.75, 3.05) is 6.54 Å². The Morgan fingerprint density at radius 3 is 2.67 bits per heavy atom. The quantitative estimate of drug-likeness (QED) is 0.900. The van der Waals surface area contributed by atoms with Gasteiger partial charge in [-0.05, 0) is 32.5 Å². The highest BCUT2D eigenvalue weighted by molar-refractivity contribution is 5.38. The Balaban J connectivity index is 2.44. The lowest BCUT2D eigenvalue weighted by molar-refractivity contribution is 0.607. The molecule has 2 rings (SSSR count). The summed E-state index contributed by atoms with van der Waals surface area (Å²) in [6, 6.07) is 6.70. The van der Waals surface area contributed by atoms with Crippen molar-refractivity contribution in [1.82, 2.24) is 15.1 Å². The number of aromatic nitrogens is 2. The molecular weight excluding hydrogens is 229 g/mol. The Bertz CT molecular complexity index is 546. The van der Waals surface area contributed by atoms with Gasteiger partial charge in [0, 0.05) is 17.8 Å². The highest BCUT2D eigenvalue weighted by Gasteiger charge is 2.14. The number of hydrogen-bond acceptors (Lipinski definition) is 2. The van der Waals surface area contributed by atoms with Gasteiger partial charge in [-0.1, -0.05) is 19.1 Å². The maximum absolute atomic E-state index is 13.8. The number of hydrogen-bond donors (Lipinski definition) is 1. The van der Waals surface area contributed by atoms with Gasteiger partial charge < -0.3 is 5.32 Å².